The van der Waals surface area contributed by atoms with Crippen molar-refractivity contribution in [1.82, 2.24) is 19.5 Å². The van der Waals surface area contributed by atoms with Crippen LogP contribution in [0.3, 0.4) is 0 Å². The Balaban J connectivity index is 1.83. The lowest BCUT2D eigenvalue weighted by molar-refractivity contribution is 0.186. The Morgan fingerprint density at radius 2 is 1.96 bits per heavy atom. The van der Waals surface area contributed by atoms with Crippen LogP contribution in [0.5, 0.6) is 5.88 Å². The van der Waals surface area contributed by atoms with Gasteiger partial charge in [-0.15, -0.1) is 5.10 Å². The van der Waals surface area contributed by atoms with Gasteiger partial charge >= 0.3 is 0 Å². The summed E-state index contributed by atoms with van der Waals surface area (Å²) in [5.41, 5.74) is 1.02. The fourth-order valence-electron chi connectivity index (χ4n) is 3.51. The first-order chi connectivity index (χ1) is 12.6. The van der Waals surface area contributed by atoms with Gasteiger partial charge in [-0.1, -0.05) is 53.9 Å². The second kappa shape index (κ2) is 7.35. The van der Waals surface area contributed by atoms with E-state index in [2.05, 4.69) is 15.0 Å². The van der Waals surface area contributed by atoms with E-state index in [0.717, 1.165) is 53.6 Å². The van der Waals surface area contributed by atoms with Crippen molar-refractivity contribution in [3.8, 4) is 5.88 Å². The third-order valence-corrected chi connectivity index (χ3v) is 6.63. The van der Waals surface area contributed by atoms with Crippen molar-refractivity contribution in [2.75, 3.05) is 13.1 Å². The van der Waals surface area contributed by atoms with E-state index in [1.54, 1.807) is 4.52 Å². The molecule has 0 spiro atoms. The van der Waals surface area contributed by atoms with E-state index in [9.17, 15) is 5.11 Å². The van der Waals surface area contributed by atoms with Gasteiger partial charge in [0, 0.05) is 6.42 Å². The number of fused-ring (bicyclic) bond motifs is 1. The molecule has 0 bridgehead atoms. The molecule has 0 amide bonds. The van der Waals surface area contributed by atoms with Crippen LogP contribution in [0.4, 0.5) is 0 Å². The van der Waals surface area contributed by atoms with E-state index in [4.69, 9.17) is 23.2 Å². The number of halogens is 2. The number of nitrogens with zero attached hydrogens (tertiary/aromatic N) is 4. The predicted molar refractivity (Wildman–Crippen MR) is 106 cm³/mol. The van der Waals surface area contributed by atoms with Gasteiger partial charge in [-0.25, -0.2) is 4.98 Å². The van der Waals surface area contributed by atoms with Gasteiger partial charge in [0.05, 0.1) is 21.0 Å². The topological polar surface area (TPSA) is 53.7 Å². The van der Waals surface area contributed by atoms with Crippen LogP contribution in [-0.2, 0) is 6.42 Å². The number of aromatic hydroxyl groups is 1. The Morgan fingerprint density at radius 1 is 1.19 bits per heavy atom. The number of aryl methyl sites for hydroxylation is 1. The van der Waals surface area contributed by atoms with Crippen molar-refractivity contribution in [1.29, 1.82) is 0 Å². The summed E-state index contributed by atoms with van der Waals surface area (Å²) < 4.78 is 1.55. The third-order valence-electron chi connectivity index (χ3n) is 4.82. The highest BCUT2D eigenvalue weighted by Gasteiger charge is 2.30. The van der Waals surface area contributed by atoms with E-state index in [0.29, 0.717) is 10.0 Å². The van der Waals surface area contributed by atoms with Gasteiger partial charge in [0.1, 0.15) is 0 Å². The van der Waals surface area contributed by atoms with Gasteiger partial charge in [0.25, 0.3) is 0 Å². The van der Waals surface area contributed by atoms with Crippen molar-refractivity contribution in [2.45, 2.75) is 38.6 Å². The van der Waals surface area contributed by atoms with Crippen molar-refractivity contribution in [2.24, 2.45) is 0 Å². The van der Waals surface area contributed by atoms with E-state index >= 15 is 0 Å². The highest BCUT2D eigenvalue weighted by Crippen LogP contribution is 2.42. The van der Waals surface area contributed by atoms with Crippen LogP contribution < -0.4 is 0 Å². The zero-order chi connectivity index (χ0) is 18.3. The van der Waals surface area contributed by atoms with Crippen LogP contribution in [0, 0.1) is 0 Å². The lowest BCUT2D eigenvalue weighted by atomic mass is 10.0. The first kappa shape index (κ1) is 18.0. The first-order valence-electron chi connectivity index (χ1n) is 8.84. The fourth-order valence-corrected chi connectivity index (χ4v) is 4.95. The van der Waals surface area contributed by atoms with Crippen LogP contribution in [0.1, 0.15) is 48.5 Å². The Kier molecular flexibility index (Phi) is 5.10. The molecule has 3 heterocycles. The summed E-state index contributed by atoms with van der Waals surface area (Å²) in [6.45, 7) is 3.97. The van der Waals surface area contributed by atoms with Crippen molar-refractivity contribution in [3.63, 3.8) is 0 Å². The van der Waals surface area contributed by atoms with Gasteiger partial charge < -0.3 is 5.11 Å². The summed E-state index contributed by atoms with van der Waals surface area (Å²) in [6.07, 6.45) is 4.29. The van der Waals surface area contributed by atoms with Gasteiger partial charge in [0.15, 0.2) is 5.82 Å². The van der Waals surface area contributed by atoms with Crippen LogP contribution in [0.2, 0.25) is 10.0 Å². The Labute approximate surface area is 166 Å². The summed E-state index contributed by atoms with van der Waals surface area (Å²) in [5, 5.41) is 16.3. The third kappa shape index (κ3) is 3.20. The SMILES string of the molecule is CCc1nc2sc([C@H](c3ccc(Cl)c(Cl)c3)N3CCCCC3)c(O)n2n1. The molecule has 1 N–H and O–H groups in total. The number of hydrogen-bond donors (Lipinski definition) is 1. The minimum absolute atomic E-state index is 0.0800. The standard InChI is InChI=1S/C18H20Cl2N4OS/c1-2-14-21-18-24(22-14)17(25)16(26-18)15(23-8-4-3-5-9-23)11-6-7-12(19)13(20)10-11/h6-7,10,15,25H,2-5,8-9H2,1H3/t15-/m0/s1. The highest BCUT2D eigenvalue weighted by molar-refractivity contribution is 7.17. The van der Waals surface area contributed by atoms with Crippen LogP contribution in [0.15, 0.2) is 18.2 Å². The molecular formula is C18H20Cl2N4OS. The van der Waals surface area contributed by atoms with Crippen molar-refractivity contribution in [3.05, 3.63) is 44.5 Å². The molecule has 26 heavy (non-hydrogen) atoms. The minimum atomic E-state index is -0.0800. The summed E-state index contributed by atoms with van der Waals surface area (Å²) in [7, 11) is 0. The molecule has 0 aliphatic carbocycles. The number of aromatic nitrogens is 3. The second-order valence-electron chi connectivity index (χ2n) is 6.54. The van der Waals surface area contributed by atoms with Gasteiger partial charge in [-0.2, -0.15) is 4.52 Å². The normalized spacial score (nSPS) is 17.0. The van der Waals surface area contributed by atoms with E-state index in [-0.39, 0.29) is 11.9 Å². The Hall–Kier alpha value is -1.34. The Morgan fingerprint density at radius 3 is 2.62 bits per heavy atom. The summed E-state index contributed by atoms with van der Waals surface area (Å²) in [4.78, 5) is 8.48. The molecule has 0 saturated carbocycles. The van der Waals surface area contributed by atoms with Crippen molar-refractivity contribution < 1.29 is 5.11 Å². The largest absolute Gasteiger partial charge is 0.492 e. The lowest BCUT2D eigenvalue weighted by Crippen LogP contribution is -2.34. The number of benzene rings is 1. The predicted octanol–water partition coefficient (Wildman–Crippen LogP) is 4.94. The van der Waals surface area contributed by atoms with Crippen LogP contribution in [-0.4, -0.2) is 37.7 Å². The molecule has 3 aromatic rings. The molecule has 1 atom stereocenters. The van der Waals surface area contributed by atoms with Crippen LogP contribution >= 0.6 is 34.5 Å². The van der Waals surface area contributed by atoms with Gasteiger partial charge in [-0.3, -0.25) is 4.90 Å². The van der Waals surface area contributed by atoms with E-state index in [1.807, 2.05) is 25.1 Å². The molecule has 8 heteroatoms. The molecule has 1 saturated heterocycles. The average molecular weight is 411 g/mol. The van der Waals surface area contributed by atoms with Crippen LogP contribution in [0.25, 0.3) is 4.96 Å². The van der Waals surface area contributed by atoms with E-state index in [1.165, 1.54) is 17.8 Å². The average Bonchev–Trinajstić information content (AvgIpc) is 3.19. The Bertz CT molecular complexity index is 933. The maximum atomic E-state index is 10.9. The number of thiazole rings is 1. The lowest BCUT2D eigenvalue weighted by Gasteiger charge is -2.34. The van der Waals surface area contributed by atoms with Crippen molar-refractivity contribution >= 4 is 39.5 Å². The molecule has 4 rings (SSSR count). The molecule has 1 aliphatic rings. The van der Waals surface area contributed by atoms with Gasteiger partial charge in [0.2, 0.25) is 10.8 Å². The molecule has 1 aliphatic heterocycles. The molecule has 1 aromatic carbocycles. The number of hydrogen-bond acceptors (Lipinski definition) is 5. The fraction of sp³-hybridized carbons (Fsp3) is 0.444. The quantitative estimate of drug-likeness (QED) is 0.661. The molecule has 2 aromatic heterocycles. The maximum Gasteiger partial charge on any atom is 0.230 e. The molecule has 0 radical (unpaired) electrons. The molecule has 1 fully saturated rings. The highest BCUT2D eigenvalue weighted by atomic mass is 35.5. The first-order valence-corrected chi connectivity index (χ1v) is 10.4. The maximum absolute atomic E-state index is 10.9. The smallest absolute Gasteiger partial charge is 0.230 e. The zero-order valence-electron chi connectivity index (χ0n) is 14.5. The number of rotatable bonds is 4. The van der Waals surface area contributed by atoms with Gasteiger partial charge in [-0.05, 0) is 43.6 Å². The number of piperidine rings is 1. The molecule has 5 nitrogen and oxygen atoms in total. The number of likely N-dealkylation sites (tertiary alicyclic amines) is 1. The molecular weight excluding hydrogens is 391 g/mol. The zero-order valence-corrected chi connectivity index (χ0v) is 16.8. The molecule has 0 unspecified atom stereocenters. The minimum Gasteiger partial charge on any atom is -0.492 e. The summed E-state index contributed by atoms with van der Waals surface area (Å²) in [6, 6.07) is 5.62. The summed E-state index contributed by atoms with van der Waals surface area (Å²) in [5.74, 6) is 0.904. The molecule has 138 valence electrons. The second-order valence-corrected chi connectivity index (χ2v) is 8.36. The van der Waals surface area contributed by atoms with E-state index < -0.39 is 0 Å². The summed E-state index contributed by atoms with van der Waals surface area (Å²) >= 11 is 13.9. The monoisotopic (exact) mass is 410 g/mol.